The Morgan fingerprint density at radius 3 is 2.75 bits per heavy atom. The van der Waals surface area contributed by atoms with Gasteiger partial charge in [0.2, 0.25) is 0 Å². The Kier molecular flexibility index (Phi) is 6.55. The van der Waals surface area contributed by atoms with Gasteiger partial charge in [0.15, 0.2) is 0 Å². The topological polar surface area (TPSA) is 84.3 Å². The van der Waals surface area contributed by atoms with Crippen LogP contribution in [-0.2, 0) is 6.42 Å². The molecule has 168 valence electrons. The standard InChI is InChI=1S/C24H27N3O3S2/c1-14-25-26-21(31-14)12-16-13-30-20-11-15(9-10-19(20)22(16)28)17-7-5-6-8-18(17)23(29)27-32-24(2,3)4/h5-11,16,22,28H,12-13H2,1-4H3,(H,27,29)/t16-,22+/m1/s1. The van der Waals surface area contributed by atoms with Crippen LogP contribution in [0, 0.1) is 12.8 Å². The average molecular weight is 470 g/mol. The summed E-state index contributed by atoms with van der Waals surface area (Å²) in [7, 11) is 0. The molecule has 0 spiro atoms. The molecule has 0 fully saturated rings. The highest BCUT2D eigenvalue weighted by molar-refractivity contribution is 7.99. The molecule has 2 heterocycles. The third kappa shape index (κ3) is 5.14. The predicted octanol–water partition coefficient (Wildman–Crippen LogP) is 4.97. The molecular formula is C24H27N3O3S2. The zero-order chi connectivity index (χ0) is 22.9. The molecule has 3 aromatic rings. The lowest BCUT2D eigenvalue weighted by Crippen LogP contribution is -2.27. The highest BCUT2D eigenvalue weighted by atomic mass is 32.2. The van der Waals surface area contributed by atoms with Crippen molar-refractivity contribution in [2.45, 2.75) is 45.0 Å². The fraction of sp³-hybridized carbons (Fsp3) is 0.375. The van der Waals surface area contributed by atoms with Crippen LogP contribution >= 0.6 is 23.3 Å². The van der Waals surface area contributed by atoms with E-state index in [9.17, 15) is 9.90 Å². The first-order valence-corrected chi connectivity index (χ1v) is 12.2. The second-order valence-corrected chi connectivity index (χ2v) is 11.8. The van der Waals surface area contributed by atoms with Crippen LogP contribution in [0.2, 0.25) is 0 Å². The minimum absolute atomic E-state index is 0.0758. The Morgan fingerprint density at radius 1 is 1.25 bits per heavy atom. The molecular weight excluding hydrogens is 442 g/mol. The Labute approximate surface area is 196 Å². The molecule has 2 atom stereocenters. The van der Waals surface area contributed by atoms with E-state index in [0.717, 1.165) is 26.7 Å². The van der Waals surface area contributed by atoms with Crippen LogP contribution in [0.5, 0.6) is 5.75 Å². The van der Waals surface area contributed by atoms with Crippen LogP contribution in [-0.4, -0.2) is 32.6 Å². The monoisotopic (exact) mass is 469 g/mol. The maximum atomic E-state index is 12.8. The molecule has 1 aromatic heterocycles. The summed E-state index contributed by atoms with van der Waals surface area (Å²) in [5.74, 6) is 0.443. The number of benzene rings is 2. The molecule has 2 N–H and O–H groups in total. The van der Waals surface area contributed by atoms with E-state index in [1.54, 1.807) is 11.3 Å². The lowest BCUT2D eigenvalue weighted by Gasteiger charge is -2.30. The molecule has 0 saturated carbocycles. The van der Waals surface area contributed by atoms with E-state index in [1.165, 1.54) is 11.9 Å². The van der Waals surface area contributed by atoms with Crippen molar-refractivity contribution >= 4 is 29.2 Å². The van der Waals surface area contributed by atoms with Gasteiger partial charge in [-0.3, -0.25) is 9.52 Å². The molecule has 6 nitrogen and oxygen atoms in total. The van der Waals surface area contributed by atoms with Gasteiger partial charge in [-0.1, -0.05) is 30.3 Å². The van der Waals surface area contributed by atoms with E-state index in [2.05, 4.69) is 35.7 Å². The summed E-state index contributed by atoms with van der Waals surface area (Å²) in [6.45, 7) is 8.48. The van der Waals surface area contributed by atoms with Crippen LogP contribution in [0.3, 0.4) is 0 Å². The van der Waals surface area contributed by atoms with E-state index in [1.807, 2.05) is 49.4 Å². The fourth-order valence-corrected chi connectivity index (χ4v) is 4.93. The van der Waals surface area contributed by atoms with Gasteiger partial charge < -0.3 is 9.84 Å². The van der Waals surface area contributed by atoms with Crippen LogP contribution < -0.4 is 9.46 Å². The molecule has 1 aliphatic heterocycles. The average Bonchev–Trinajstić information content (AvgIpc) is 3.18. The molecule has 0 radical (unpaired) electrons. The smallest absolute Gasteiger partial charge is 0.261 e. The number of carbonyl (C=O) groups is 1. The van der Waals surface area contributed by atoms with E-state index >= 15 is 0 Å². The maximum Gasteiger partial charge on any atom is 0.261 e. The molecule has 1 amide bonds. The van der Waals surface area contributed by atoms with Crippen LogP contribution in [0.1, 0.15) is 52.8 Å². The molecule has 2 aromatic carbocycles. The van der Waals surface area contributed by atoms with E-state index in [4.69, 9.17) is 4.74 Å². The third-order valence-corrected chi connectivity index (χ3v) is 6.93. The van der Waals surface area contributed by atoms with Crippen molar-refractivity contribution < 1.29 is 14.6 Å². The van der Waals surface area contributed by atoms with Gasteiger partial charge in [-0.25, -0.2) is 0 Å². The molecule has 4 rings (SSSR count). The van der Waals surface area contributed by atoms with Crippen molar-refractivity contribution in [1.82, 2.24) is 14.9 Å². The third-order valence-electron chi connectivity index (χ3n) is 5.17. The molecule has 8 heteroatoms. The van der Waals surface area contributed by atoms with E-state index in [0.29, 0.717) is 24.3 Å². The van der Waals surface area contributed by atoms with E-state index in [-0.39, 0.29) is 16.6 Å². The second kappa shape index (κ2) is 9.21. The number of nitrogens with one attached hydrogen (secondary N) is 1. The minimum Gasteiger partial charge on any atom is -0.493 e. The zero-order valence-electron chi connectivity index (χ0n) is 18.6. The number of nitrogens with zero attached hydrogens (tertiary/aromatic N) is 2. The van der Waals surface area contributed by atoms with Gasteiger partial charge in [-0.05, 0) is 62.9 Å². The van der Waals surface area contributed by atoms with Crippen molar-refractivity contribution in [3.05, 3.63) is 63.6 Å². The Bertz CT molecular complexity index is 1120. The summed E-state index contributed by atoms with van der Waals surface area (Å²) in [4.78, 5) is 12.8. The first kappa shape index (κ1) is 22.8. The maximum absolute atomic E-state index is 12.8. The summed E-state index contributed by atoms with van der Waals surface area (Å²) < 4.78 is 8.90. The number of aromatic nitrogens is 2. The van der Waals surface area contributed by atoms with Crippen LogP contribution in [0.4, 0.5) is 0 Å². The summed E-state index contributed by atoms with van der Waals surface area (Å²) in [6.07, 6.45) is -0.0128. The van der Waals surface area contributed by atoms with Gasteiger partial charge >= 0.3 is 0 Å². The van der Waals surface area contributed by atoms with Gasteiger partial charge in [0.1, 0.15) is 15.8 Å². The number of amides is 1. The molecule has 0 aliphatic carbocycles. The zero-order valence-corrected chi connectivity index (χ0v) is 20.2. The highest BCUT2D eigenvalue weighted by Crippen LogP contribution is 2.40. The fourth-order valence-electron chi connectivity index (χ4n) is 3.62. The lowest BCUT2D eigenvalue weighted by molar-refractivity contribution is 0.0507. The molecule has 0 unspecified atom stereocenters. The number of hydrogen-bond acceptors (Lipinski definition) is 7. The van der Waals surface area contributed by atoms with Gasteiger partial charge in [0, 0.05) is 28.2 Å². The summed E-state index contributed by atoms with van der Waals surface area (Å²) in [6, 6.07) is 13.3. The van der Waals surface area contributed by atoms with Crippen molar-refractivity contribution in [2.75, 3.05) is 6.61 Å². The first-order chi connectivity index (χ1) is 15.2. The van der Waals surface area contributed by atoms with Crippen molar-refractivity contribution in [1.29, 1.82) is 0 Å². The summed E-state index contributed by atoms with van der Waals surface area (Å²) in [5, 5.41) is 21.0. The van der Waals surface area contributed by atoms with Crippen LogP contribution in [0.15, 0.2) is 42.5 Å². The molecule has 32 heavy (non-hydrogen) atoms. The van der Waals surface area contributed by atoms with Crippen molar-refractivity contribution in [3.63, 3.8) is 0 Å². The second-order valence-electron chi connectivity index (χ2n) is 8.88. The number of carbonyl (C=O) groups excluding carboxylic acids is 1. The Morgan fingerprint density at radius 2 is 2.03 bits per heavy atom. The SMILES string of the molecule is Cc1nnc(C[C@@H]2COc3cc(-c4ccccc4C(=O)NSC(C)(C)C)ccc3[C@H]2O)s1. The lowest BCUT2D eigenvalue weighted by atomic mass is 9.89. The van der Waals surface area contributed by atoms with Gasteiger partial charge in [0.05, 0.1) is 12.7 Å². The number of fused-ring (bicyclic) bond motifs is 1. The van der Waals surface area contributed by atoms with Crippen LogP contribution in [0.25, 0.3) is 11.1 Å². The first-order valence-electron chi connectivity index (χ1n) is 10.5. The van der Waals surface area contributed by atoms with Crippen molar-refractivity contribution in [3.8, 4) is 16.9 Å². The Hall–Kier alpha value is -2.42. The highest BCUT2D eigenvalue weighted by Gasteiger charge is 2.31. The van der Waals surface area contributed by atoms with Gasteiger partial charge in [0.25, 0.3) is 5.91 Å². The largest absolute Gasteiger partial charge is 0.493 e. The number of ether oxygens (including phenoxy) is 1. The van der Waals surface area contributed by atoms with Gasteiger partial charge in [-0.2, -0.15) is 0 Å². The normalized spacial score (nSPS) is 18.0. The van der Waals surface area contributed by atoms with Gasteiger partial charge in [-0.15, -0.1) is 21.5 Å². The van der Waals surface area contributed by atoms with E-state index < -0.39 is 6.10 Å². The Balaban J connectivity index is 1.56. The van der Waals surface area contributed by atoms with Crippen molar-refractivity contribution in [2.24, 2.45) is 5.92 Å². The molecule has 0 saturated heterocycles. The minimum atomic E-state index is -0.640. The predicted molar refractivity (Wildman–Crippen MR) is 129 cm³/mol. The summed E-state index contributed by atoms with van der Waals surface area (Å²) >= 11 is 2.95. The summed E-state index contributed by atoms with van der Waals surface area (Å²) in [5.41, 5.74) is 3.06. The number of rotatable bonds is 5. The quantitative estimate of drug-likeness (QED) is 0.513. The number of hydrogen-bond donors (Lipinski definition) is 2. The number of aryl methyl sites for hydroxylation is 1. The number of aliphatic hydroxyl groups excluding tert-OH is 1. The molecule has 1 aliphatic rings. The number of aliphatic hydroxyl groups is 1. The molecule has 0 bridgehead atoms.